The van der Waals surface area contributed by atoms with Gasteiger partial charge in [-0.2, -0.15) is 0 Å². The van der Waals surface area contributed by atoms with Gasteiger partial charge in [-0.1, -0.05) is 26.8 Å². The van der Waals surface area contributed by atoms with Gasteiger partial charge in [-0.15, -0.1) is 0 Å². The van der Waals surface area contributed by atoms with Gasteiger partial charge in [0, 0.05) is 5.56 Å². The van der Waals surface area contributed by atoms with Crippen LogP contribution >= 0.6 is 0 Å². The van der Waals surface area contributed by atoms with Gasteiger partial charge in [0.2, 0.25) is 0 Å². The number of rotatable bonds is 3. The van der Waals surface area contributed by atoms with E-state index in [-0.39, 0.29) is 5.41 Å². The van der Waals surface area contributed by atoms with Crippen LogP contribution in [0.15, 0.2) is 12.1 Å². The molecule has 1 aromatic rings. The van der Waals surface area contributed by atoms with E-state index < -0.39 is 14.9 Å². The summed E-state index contributed by atoms with van der Waals surface area (Å²) in [5.74, 6) is 0.243. The van der Waals surface area contributed by atoms with Crippen molar-refractivity contribution in [3.05, 3.63) is 28.8 Å². The molecule has 1 rings (SSSR count). The Balaban J connectivity index is 3.55. The highest BCUT2D eigenvalue weighted by Crippen LogP contribution is 2.37. The van der Waals surface area contributed by atoms with Crippen molar-refractivity contribution in [3.63, 3.8) is 0 Å². The summed E-state index contributed by atoms with van der Waals surface area (Å²) in [4.78, 5) is 11.5. The number of amides is 1. The molecule has 1 radical (unpaired) electrons. The van der Waals surface area contributed by atoms with Gasteiger partial charge < -0.3 is 10.2 Å². The summed E-state index contributed by atoms with van der Waals surface area (Å²) >= 11 is 0. The topological polar surface area (TPSA) is 52.3 Å². The number of hydrogen-bond acceptors (Lipinski definition) is 2. The van der Waals surface area contributed by atoms with E-state index >= 15 is 0 Å². The third kappa shape index (κ3) is 3.13. The Kier molecular flexibility index (Phi) is 4.22. The molecule has 0 atom stereocenters. The minimum atomic E-state index is -0.948. The van der Waals surface area contributed by atoms with Crippen LogP contribution < -0.4 is 10.2 Å². The minimum Gasteiger partial charge on any atom is -0.542 e. The summed E-state index contributed by atoms with van der Waals surface area (Å²) < 4.78 is 5.95. The van der Waals surface area contributed by atoms with Gasteiger partial charge in [-0.05, 0) is 37.1 Å². The zero-order valence-electron chi connectivity index (χ0n) is 12.0. The van der Waals surface area contributed by atoms with Crippen LogP contribution in [0.1, 0.15) is 42.3 Å². The van der Waals surface area contributed by atoms with Crippen molar-refractivity contribution in [2.45, 2.75) is 46.2 Å². The fraction of sp³-hybridized carbons (Fsp3) is 0.500. The zero-order chi connectivity index (χ0) is 14.1. The Morgan fingerprint density at radius 2 is 1.83 bits per heavy atom. The average Bonchev–Trinajstić information content (AvgIpc) is 2.13. The molecule has 2 N–H and O–H groups in total. The first-order valence-corrected chi connectivity index (χ1v) is 8.47. The van der Waals surface area contributed by atoms with Gasteiger partial charge in [0.1, 0.15) is 5.75 Å². The number of primary amides is 1. The summed E-state index contributed by atoms with van der Waals surface area (Å²) in [5, 5.41) is 0. The molecule has 0 aliphatic heterocycles. The first-order chi connectivity index (χ1) is 8.14. The molecule has 0 aliphatic rings. The fourth-order valence-corrected chi connectivity index (χ4v) is 2.74. The van der Waals surface area contributed by atoms with Gasteiger partial charge in [0.05, 0.1) is 5.56 Å². The number of nitrogens with two attached hydrogens (primary N) is 1. The van der Waals surface area contributed by atoms with Crippen molar-refractivity contribution in [2.75, 3.05) is 0 Å². The van der Waals surface area contributed by atoms with Crippen molar-refractivity contribution in [2.24, 2.45) is 5.73 Å². The fourth-order valence-electron chi connectivity index (χ4n) is 2.12. The molecule has 1 aromatic carbocycles. The highest BCUT2D eigenvalue weighted by molar-refractivity contribution is 6.49. The SMILES string of the molecule is Cc1ccc(C(N)=O)c(O[Si](C)C)c1C(C)(C)C. The van der Waals surface area contributed by atoms with Gasteiger partial charge in [-0.3, -0.25) is 4.79 Å². The summed E-state index contributed by atoms with van der Waals surface area (Å²) in [5.41, 5.74) is 8.05. The van der Waals surface area contributed by atoms with Crippen LogP contribution in [0.25, 0.3) is 0 Å². The Morgan fingerprint density at radius 3 is 2.22 bits per heavy atom. The lowest BCUT2D eigenvalue weighted by Crippen LogP contribution is -2.23. The molecule has 0 spiro atoms. The van der Waals surface area contributed by atoms with Gasteiger partial charge in [0.15, 0.2) is 0 Å². The minimum absolute atomic E-state index is 0.0812. The molecule has 0 unspecified atom stereocenters. The molecule has 0 fully saturated rings. The molecule has 0 aromatic heterocycles. The molecule has 0 saturated carbocycles. The first kappa shape index (κ1) is 14.8. The molecule has 0 saturated heterocycles. The lowest BCUT2D eigenvalue weighted by molar-refractivity contribution is 0.0998. The highest BCUT2D eigenvalue weighted by Gasteiger charge is 2.26. The van der Waals surface area contributed by atoms with Gasteiger partial charge >= 0.3 is 0 Å². The number of carbonyl (C=O) groups is 1. The molecule has 18 heavy (non-hydrogen) atoms. The van der Waals surface area contributed by atoms with E-state index in [2.05, 4.69) is 20.8 Å². The Labute approximate surface area is 111 Å². The molecule has 1 amide bonds. The van der Waals surface area contributed by atoms with E-state index in [1.165, 1.54) is 0 Å². The maximum absolute atomic E-state index is 11.5. The number of hydrogen-bond donors (Lipinski definition) is 1. The number of carbonyl (C=O) groups excluding carboxylic acids is 1. The third-order valence-electron chi connectivity index (χ3n) is 2.69. The van der Waals surface area contributed by atoms with E-state index in [9.17, 15) is 4.79 Å². The van der Waals surface area contributed by atoms with Crippen LogP contribution in [0.5, 0.6) is 5.75 Å². The van der Waals surface area contributed by atoms with Crippen molar-refractivity contribution in [1.29, 1.82) is 0 Å². The van der Waals surface area contributed by atoms with E-state index in [1.807, 2.05) is 26.1 Å². The molecule has 0 aliphatic carbocycles. The Hall–Kier alpha value is -1.29. The van der Waals surface area contributed by atoms with Crippen LogP contribution in [-0.4, -0.2) is 14.9 Å². The second-order valence-electron chi connectivity index (χ2n) is 5.76. The number of benzene rings is 1. The van der Waals surface area contributed by atoms with Crippen molar-refractivity contribution >= 4 is 14.9 Å². The third-order valence-corrected chi connectivity index (χ3v) is 3.30. The van der Waals surface area contributed by atoms with Crippen LogP contribution in [0.2, 0.25) is 13.1 Å². The quantitative estimate of drug-likeness (QED) is 0.853. The molecule has 0 heterocycles. The van der Waals surface area contributed by atoms with E-state index in [1.54, 1.807) is 6.07 Å². The van der Waals surface area contributed by atoms with Crippen LogP contribution in [0.4, 0.5) is 0 Å². The Morgan fingerprint density at radius 1 is 1.28 bits per heavy atom. The van der Waals surface area contributed by atoms with Crippen LogP contribution in [0.3, 0.4) is 0 Å². The van der Waals surface area contributed by atoms with E-state index in [0.29, 0.717) is 11.3 Å². The summed E-state index contributed by atoms with van der Waals surface area (Å²) in [6.07, 6.45) is 0. The van der Waals surface area contributed by atoms with Gasteiger partial charge in [0.25, 0.3) is 14.9 Å². The first-order valence-electron chi connectivity index (χ1n) is 6.06. The van der Waals surface area contributed by atoms with Crippen LogP contribution in [0, 0.1) is 6.92 Å². The molecular formula is C14H22NO2Si. The van der Waals surface area contributed by atoms with Crippen molar-refractivity contribution < 1.29 is 9.22 Å². The maximum Gasteiger partial charge on any atom is 0.274 e. The molecule has 4 heteroatoms. The highest BCUT2D eigenvalue weighted by atomic mass is 28.3. The van der Waals surface area contributed by atoms with Crippen molar-refractivity contribution in [1.82, 2.24) is 0 Å². The monoisotopic (exact) mass is 264 g/mol. The lowest BCUT2D eigenvalue weighted by atomic mass is 9.82. The molecule has 3 nitrogen and oxygen atoms in total. The van der Waals surface area contributed by atoms with Crippen molar-refractivity contribution in [3.8, 4) is 5.75 Å². The van der Waals surface area contributed by atoms with E-state index in [4.69, 9.17) is 10.2 Å². The van der Waals surface area contributed by atoms with Crippen LogP contribution in [-0.2, 0) is 5.41 Å². The second kappa shape index (κ2) is 5.14. The normalized spacial score (nSPS) is 11.7. The predicted molar refractivity (Wildman–Crippen MR) is 76.5 cm³/mol. The molecule has 99 valence electrons. The Bertz CT molecular complexity index is 462. The summed E-state index contributed by atoms with van der Waals surface area (Å²) in [6, 6.07) is 3.69. The summed E-state index contributed by atoms with van der Waals surface area (Å²) in [7, 11) is -0.948. The standard InChI is InChI=1S/C14H22NO2Si/c1-9-7-8-10(13(15)16)12(17-18(5)6)11(9)14(2,3)4/h7-8H,1-6H3,(H2,15,16). The smallest absolute Gasteiger partial charge is 0.274 e. The van der Waals surface area contributed by atoms with Gasteiger partial charge in [-0.25, -0.2) is 0 Å². The average molecular weight is 264 g/mol. The lowest BCUT2D eigenvalue weighted by Gasteiger charge is -2.27. The molecular weight excluding hydrogens is 242 g/mol. The largest absolute Gasteiger partial charge is 0.542 e. The van der Waals surface area contributed by atoms with E-state index in [0.717, 1.165) is 11.1 Å². The number of aryl methyl sites for hydroxylation is 1. The second-order valence-corrected chi connectivity index (χ2v) is 7.78. The zero-order valence-corrected chi connectivity index (χ0v) is 13.0. The summed E-state index contributed by atoms with van der Waals surface area (Å²) in [6.45, 7) is 12.5. The predicted octanol–water partition coefficient (Wildman–Crippen LogP) is 3.02. The maximum atomic E-state index is 11.5. The molecule has 0 bridgehead atoms.